The Labute approximate surface area is 132 Å². The minimum absolute atomic E-state index is 0.0200. The number of rotatable bonds is 4. The van der Waals surface area contributed by atoms with Crippen LogP contribution in [0.5, 0.6) is 0 Å². The third kappa shape index (κ3) is 4.33. The average molecular weight is 302 g/mol. The zero-order valence-electron chi connectivity index (χ0n) is 13.7. The number of aryl methyl sites for hydroxylation is 1. The van der Waals surface area contributed by atoms with Crippen molar-refractivity contribution < 1.29 is 9.59 Å². The lowest BCUT2D eigenvalue weighted by Crippen LogP contribution is -2.25. The zero-order chi connectivity index (χ0) is 16.1. The van der Waals surface area contributed by atoms with Gasteiger partial charge in [0.05, 0.1) is 0 Å². The SMILES string of the molecule is Cc1ccc(NC(=O)C(C)C)cc1NC(=O)C1CCCCC1. The van der Waals surface area contributed by atoms with Crippen molar-refractivity contribution in [3.05, 3.63) is 23.8 Å². The second-order valence-electron chi connectivity index (χ2n) is 6.50. The molecular formula is C18H26N2O2. The van der Waals surface area contributed by atoms with E-state index in [1.54, 1.807) is 0 Å². The van der Waals surface area contributed by atoms with Crippen LogP contribution in [0.15, 0.2) is 18.2 Å². The van der Waals surface area contributed by atoms with Crippen molar-refractivity contribution in [2.24, 2.45) is 11.8 Å². The molecule has 4 nitrogen and oxygen atoms in total. The average Bonchev–Trinajstić information content (AvgIpc) is 2.51. The van der Waals surface area contributed by atoms with E-state index in [2.05, 4.69) is 10.6 Å². The molecule has 1 aromatic rings. The maximum atomic E-state index is 12.4. The standard InChI is InChI=1S/C18H26N2O2/c1-12(2)17(21)19-15-10-9-13(3)16(11-15)20-18(22)14-7-5-4-6-8-14/h9-12,14H,4-8H2,1-3H3,(H,19,21)(H,20,22). The smallest absolute Gasteiger partial charge is 0.227 e. The lowest BCUT2D eigenvalue weighted by atomic mass is 9.88. The Morgan fingerprint density at radius 1 is 1.09 bits per heavy atom. The van der Waals surface area contributed by atoms with Crippen molar-refractivity contribution in [1.82, 2.24) is 0 Å². The van der Waals surface area contributed by atoms with Crippen molar-refractivity contribution in [3.8, 4) is 0 Å². The Morgan fingerprint density at radius 2 is 1.77 bits per heavy atom. The van der Waals surface area contributed by atoms with Crippen molar-refractivity contribution in [2.45, 2.75) is 52.9 Å². The number of amides is 2. The highest BCUT2D eigenvalue weighted by Crippen LogP contribution is 2.27. The fourth-order valence-electron chi connectivity index (χ4n) is 2.72. The second-order valence-corrected chi connectivity index (χ2v) is 6.50. The molecule has 1 saturated carbocycles. The molecule has 2 amide bonds. The number of hydrogen-bond donors (Lipinski definition) is 2. The fraction of sp³-hybridized carbons (Fsp3) is 0.556. The molecule has 0 unspecified atom stereocenters. The minimum Gasteiger partial charge on any atom is -0.326 e. The Balaban J connectivity index is 2.06. The molecule has 0 radical (unpaired) electrons. The second kappa shape index (κ2) is 7.43. The lowest BCUT2D eigenvalue weighted by Gasteiger charge is -2.21. The maximum absolute atomic E-state index is 12.4. The number of anilines is 2. The van der Waals surface area contributed by atoms with Crippen LogP contribution < -0.4 is 10.6 Å². The van der Waals surface area contributed by atoms with Crippen molar-refractivity contribution >= 4 is 23.2 Å². The number of nitrogens with one attached hydrogen (secondary N) is 2. The summed E-state index contributed by atoms with van der Waals surface area (Å²) in [6.07, 6.45) is 5.48. The predicted octanol–water partition coefficient (Wildman–Crippen LogP) is 4.11. The van der Waals surface area contributed by atoms with Gasteiger partial charge in [0.1, 0.15) is 0 Å². The lowest BCUT2D eigenvalue weighted by molar-refractivity contribution is -0.121. The zero-order valence-corrected chi connectivity index (χ0v) is 13.7. The van der Waals surface area contributed by atoms with Gasteiger partial charge in [-0.3, -0.25) is 9.59 Å². The first-order valence-electron chi connectivity index (χ1n) is 8.19. The monoisotopic (exact) mass is 302 g/mol. The number of hydrogen-bond acceptors (Lipinski definition) is 2. The highest BCUT2D eigenvalue weighted by atomic mass is 16.2. The van der Waals surface area contributed by atoms with Crippen LogP contribution in [0, 0.1) is 18.8 Å². The molecule has 0 saturated heterocycles. The molecule has 4 heteroatoms. The van der Waals surface area contributed by atoms with Crippen LogP contribution in [0.3, 0.4) is 0 Å². The highest BCUT2D eigenvalue weighted by Gasteiger charge is 2.21. The first kappa shape index (κ1) is 16.5. The van der Waals surface area contributed by atoms with Gasteiger partial charge in [0, 0.05) is 23.2 Å². The summed E-state index contributed by atoms with van der Waals surface area (Å²) in [6.45, 7) is 5.68. The molecule has 120 valence electrons. The molecule has 0 bridgehead atoms. The molecule has 1 aromatic carbocycles. The van der Waals surface area contributed by atoms with Gasteiger partial charge in [-0.15, -0.1) is 0 Å². The third-order valence-corrected chi connectivity index (χ3v) is 4.26. The topological polar surface area (TPSA) is 58.2 Å². The van der Waals surface area contributed by atoms with Gasteiger partial charge in [-0.25, -0.2) is 0 Å². The molecule has 0 atom stereocenters. The van der Waals surface area contributed by atoms with Crippen molar-refractivity contribution in [3.63, 3.8) is 0 Å². The van der Waals surface area contributed by atoms with Crippen LogP contribution in [0.2, 0.25) is 0 Å². The first-order chi connectivity index (χ1) is 10.5. The van der Waals surface area contributed by atoms with E-state index < -0.39 is 0 Å². The molecule has 2 N–H and O–H groups in total. The van der Waals surface area contributed by atoms with Gasteiger partial charge < -0.3 is 10.6 Å². The summed E-state index contributed by atoms with van der Waals surface area (Å²) >= 11 is 0. The van der Waals surface area contributed by atoms with E-state index in [0.29, 0.717) is 0 Å². The summed E-state index contributed by atoms with van der Waals surface area (Å²) in [5, 5.41) is 5.90. The summed E-state index contributed by atoms with van der Waals surface area (Å²) in [5.74, 6) is 0.146. The fourth-order valence-corrected chi connectivity index (χ4v) is 2.72. The quantitative estimate of drug-likeness (QED) is 0.879. The molecule has 0 spiro atoms. The van der Waals surface area contributed by atoms with Gasteiger partial charge in [-0.2, -0.15) is 0 Å². The van der Waals surface area contributed by atoms with E-state index in [1.165, 1.54) is 6.42 Å². The van der Waals surface area contributed by atoms with E-state index in [9.17, 15) is 9.59 Å². The van der Waals surface area contributed by atoms with Gasteiger partial charge in [0.25, 0.3) is 0 Å². The van der Waals surface area contributed by atoms with E-state index in [1.807, 2.05) is 39.0 Å². The number of benzene rings is 1. The van der Waals surface area contributed by atoms with Crippen LogP contribution in [-0.4, -0.2) is 11.8 Å². The van der Waals surface area contributed by atoms with E-state index >= 15 is 0 Å². The van der Waals surface area contributed by atoms with Gasteiger partial charge in [-0.1, -0.05) is 39.2 Å². The minimum atomic E-state index is -0.0680. The Hall–Kier alpha value is -1.84. The largest absolute Gasteiger partial charge is 0.326 e. The Bertz CT molecular complexity index is 546. The summed E-state index contributed by atoms with van der Waals surface area (Å²) in [5.41, 5.74) is 2.52. The molecule has 0 heterocycles. The predicted molar refractivity (Wildman–Crippen MR) is 89.9 cm³/mol. The van der Waals surface area contributed by atoms with E-state index in [-0.39, 0.29) is 23.7 Å². The molecule has 1 aliphatic carbocycles. The molecule has 22 heavy (non-hydrogen) atoms. The van der Waals surface area contributed by atoms with Crippen LogP contribution in [0.4, 0.5) is 11.4 Å². The van der Waals surface area contributed by atoms with Crippen molar-refractivity contribution in [2.75, 3.05) is 10.6 Å². The molecule has 1 aliphatic rings. The summed E-state index contributed by atoms with van der Waals surface area (Å²) in [7, 11) is 0. The molecule has 0 aromatic heterocycles. The number of carbonyl (C=O) groups is 2. The van der Waals surface area contributed by atoms with E-state index in [0.717, 1.165) is 42.6 Å². The summed E-state index contributed by atoms with van der Waals surface area (Å²) in [6, 6.07) is 5.63. The van der Waals surface area contributed by atoms with Crippen LogP contribution in [0.25, 0.3) is 0 Å². The van der Waals surface area contributed by atoms with Crippen LogP contribution in [0.1, 0.15) is 51.5 Å². The van der Waals surface area contributed by atoms with E-state index in [4.69, 9.17) is 0 Å². The molecule has 1 fully saturated rings. The third-order valence-electron chi connectivity index (χ3n) is 4.26. The van der Waals surface area contributed by atoms with Crippen LogP contribution in [-0.2, 0) is 9.59 Å². The van der Waals surface area contributed by atoms with Gasteiger partial charge in [0.15, 0.2) is 0 Å². The van der Waals surface area contributed by atoms with Gasteiger partial charge >= 0.3 is 0 Å². The number of carbonyl (C=O) groups excluding carboxylic acids is 2. The van der Waals surface area contributed by atoms with Crippen molar-refractivity contribution in [1.29, 1.82) is 0 Å². The van der Waals surface area contributed by atoms with Gasteiger partial charge in [-0.05, 0) is 37.5 Å². The molecule has 0 aliphatic heterocycles. The normalized spacial score (nSPS) is 15.6. The summed E-state index contributed by atoms with van der Waals surface area (Å²) < 4.78 is 0. The Kier molecular flexibility index (Phi) is 5.58. The Morgan fingerprint density at radius 3 is 2.41 bits per heavy atom. The van der Waals surface area contributed by atoms with Gasteiger partial charge in [0.2, 0.25) is 11.8 Å². The molecule has 2 rings (SSSR count). The maximum Gasteiger partial charge on any atom is 0.227 e. The van der Waals surface area contributed by atoms with Crippen LogP contribution >= 0.6 is 0 Å². The first-order valence-corrected chi connectivity index (χ1v) is 8.19. The highest BCUT2D eigenvalue weighted by molar-refractivity contribution is 5.96. The molecular weight excluding hydrogens is 276 g/mol. The summed E-state index contributed by atoms with van der Waals surface area (Å²) in [4.78, 5) is 24.1.